The van der Waals surface area contributed by atoms with Crippen LogP contribution in [0.3, 0.4) is 0 Å². The Morgan fingerprint density at radius 1 is 1.21 bits per heavy atom. The molecule has 0 spiro atoms. The zero-order valence-electron chi connectivity index (χ0n) is 15.3. The first-order valence-corrected chi connectivity index (χ1v) is 9.04. The summed E-state index contributed by atoms with van der Waals surface area (Å²) in [5.41, 5.74) is -1.62. The normalized spacial score (nSPS) is 15.0. The van der Waals surface area contributed by atoms with Gasteiger partial charge in [0.2, 0.25) is 5.91 Å². The van der Waals surface area contributed by atoms with Crippen molar-refractivity contribution in [2.75, 3.05) is 5.32 Å². The van der Waals surface area contributed by atoms with Gasteiger partial charge in [-0.3, -0.25) is 19.0 Å². The van der Waals surface area contributed by atoms with Crippen LogP contribution >= 0.6 is 0 Å². The Balaban J connectivity index is 1.64. The summed E-state index contributed by atoms with van der Waals surface area (Å²) >= 11 is 0. The summed E-state index contributed by atoms with van der Waals surface area (Å²) in [5, 5.41) is 12.7. The molecule has 2 N–H and O–H groups in total. The minimum absolute atomic E-state index is 0.0338. The van der Waals surface area contributed by atoms with E-state index >= 15 is 0 Å². The van der Waals surface area contributed by atoms with Gasteiger partial charge in [0.05, 0.1) is 17.4 Å². The van der Waals surface area contributed by atoms with Gasteiger partial charge >= 0.3 is 6.18 Å². The third kappa shape index (κ3) is 4.70. The molecule has 2 heterocycles. The molecule has 28 heavy (non-hydrogen) atoms. The van der Waals surface area contributed by atoms with Crippen molar-refractivity contribution in [1.29, 1.82) is 0 Å². The molecule has 2 aromatic rings. The van der Waals surface area contributed by atoms with Gasteiger partial charge in [0.1, 0.15) is 6.54 Å². The molecule has 0 radical (unpaired) electrons. The van der Waals surface area contributed by atoms with Crippen LogP contribution in [-0.2, 0) is 24.1 Å². The Kier molecular flexibility index (Phi) is 5.71. The van der Waals surface area contributed by atoms with E-state index in [0.717, 1.165) is 36.6 Å². The molecule has 1 aliphatic carbocycles. The Morgan fingerprint density at radius 2 is 1.93 bits per heavy atom. The number of hydrogen-bond acceptors (Lipinski definition) is 4. The van der Waals surface area contributed by atoms with Crippen LogP contribution in [0.2, 0.25) is 0 Å². The summed E-state index contributed by atoms with van der Waals surface area (Å²) in [5.74, 6) is -1.14. The average Bonchev–Trinajstić information content (AvgIpc) is 3.34. The van der Waals surface area contributed by atoms with Crippen LogP contribution in [0.25, 0.3) is 0 Å². The van der Waals surface area contributed by atoms with E-state index in [1.165, 1.54) is 17.1 Å². The van der Waals surface area contributed by atoms with Crippen LogP contribution in [0.4, 0.5) is 18.9 Å². The van der Waals surface area contributed by atoms with Crippen molar-refractivity contribution >= 4 is 17.5 Å². The number of hydrogen-bond donors (Lipinski definition) is 2. The summed E-state index contributed by atoms with van der Waals surface area (Å²) in [7, 11) is 0. The first kappa shape index (κ1) is 19.9. The standard InChI is InChI=1S/C17H21F3N6O2/c1-2-25-9-13(15(24-25)17(18,19)20)16(28)23-12-7-21-26(8-12)10-14(27)22-11-5-3-4-6-11/h7-9,11H,2-6,10H2,1H3,(H,22,27)(H,23,28). The van der Waals surface area contributed by atoms with E-state index in [1.807, 2.05) is 0 Å². The second-order valence-electron chi connectivity index (χ2n) is 6.67. The second-order valence-corrected chi connectivity index (χ2v) is 6.67. The number of carbonyl (C=O) groups is 2. The lowest BCUT2D eigenvalue weighted by molar-refractivity contribution is -0.141. The number of aromatic nitrogens is 4. The van der Waals surface area contributed by atoms with Crippen molar-refractivity contribution in [3.05, 3.63) is 29.8 Å². The van der Waals surface area contributed by atoms with Crippen molar-refractivity contribution in [3.63, 3.8) is 0 Å². The first-order chi connectivity index (χ1) is 13.3. The third-order valence-corrected chi connectivity index (χ3v) is 4.52. The summed E-state index contributed by atoms with van der Waals surface area (Å²) < 4.78 is 41.7. The molecule has 3 rings (SSSR count). The summed E-state index contributed by atoms with van der Waals surface area (Å²) in [6, 6.07) is 0.179. The van der Waals surface area contributed by atoms with Crippen LogP contribution in [0.15, 0.2) is 18.6 Å². The highest BCUT2D eigenvalue weighted by molar-refractivity contribution is 6.04. The molecule has 11 heteroatoms. The molecule has 0 atom stereocenters. The van der Waals surface area contributed by atoms with Gasteiger partial charge in [0, 0.05) is 25.0 Å². The van der Waals surface area contributed by atoms with E-state index in [2.05, 4.69) is 20.8 Å². The third-order valence-electron chi connectivity index (χ3n) is 4.52. The molecule has 2 amide bonds. The fourth-order valence-electron chi connectivity index (χ4n) is 3.16. The highest BCUT2D eigenvalue weighted by atomic mass is 19.4. The average molecular weight is 398 g/mol. The van der Waals surface area contributed by atoms with Gasteiger partial charge in [-0.1, -0.05) is 12.8 Å². The summed E-state index contributed by atoms with van der Waals surface area (Å²) in [6.07, 6.45) is 3.09. The van der Waals surface area contributed by atoms with E-state index in [0.29, 0.717) is 0 Å². The maximum Gasteiger partial charge on any atom is 0.435 e. The Bertz CT molecular complexity index is 851. The quantitative estimate of drug-likeness (QED) is 0.782. The number of carbonyl (C=O) groups excluding carboxylic acids is 2. The van der Waals surface area contributed by atoms with Crippen molar-refractivity contribution < 1.29 is 22.8 Å². The lowest BCUT2D eigenvalue weighted by atomic mass is 10.2. The molecule has 1 aliphatic rings. The smallest absolute Gasteiger partial charge is 0.352 e. The van der Waals surface area contributed by atoms with Crippen LogP contribution < -0.4 is 10.6 Å². The number of amides is 2. The van der Waals surface area contributed by atoms with Crippen LogP contribution in [0.5, 0.6) is 0 Å². The van der Waals surface area contributed by atoms with E-state index < -0.39 is 23.3 Å². The Labute approximate surface area is 159 Å². The summed E-state index contributed by atoms with van der Waals surface area (Å²) in [6.45, 7) is 1.79. The molecule has 0 saturated heterocycles. The second kappa shape index (κ2) is 8.03. The molecule has 1 saturated carbocycles. The lowest BCUT2D eigenvalue weighted by Gasteiger charge is -2.11. The monoisotopic (exact) mass is 398 g/mol. The first-order valence-electron chi connectivity index (χ1n) is 9.04. The number of halogens is 3. The van der Waals surface area contributed by atoms with E-state index in [-0.39, 0.29) is 30.7 Å². The molecular weight excluding hydrogens is 377 g/mol. The SMILES string of the molecule is CCn1cc(C(=O)Nc2cnn(CC(=O)NC3CCCC3)c2)c(C(F)(F)F)n1. The number of rotatable bonds is 6. The number of nitrogens with one attached hydrogen (secondary N) is 2. The van der Waals surface area contributed by atoms with Crippen molar-refractivity contribution in [1.82, 2.24) is 24.9 Å². The van der Waals surface area contributed by atoms with E-state index in [1.54, 1.807) is 6.92 Å². The van der Waals surface area contributed by atoms with Gasteiger partial charge in [0.25, 0.3) is 5.91 Å². The predicted molar refractivity (Wildman–Crippen MR) is 93.5 cm³/mol. The number of alkyl halides is 3. The molecule has 8 nitrogen and oxygen atoms in total. The molecular formula is C17H21F3N6O2. The number of nitrogens with zero attached hydrogens (tertiary/aromatic N) is 4. The highest BCUT2D eigenvalue weighted by Crippen LogP contribution is 2.31. The topological polar surface area (TPSA) is 93.8 Å². The van der Waals surface area contributed by atoms with Gasteiger partial charge < -0.3 is 10.6 Å². The van der Waals surface area contributed by atoms with Crippen LogP contribution in [0.1, 0.15) is 48.7 Å². The van der Waals surface area contributed by atoms with Gasteiger partial charge in [0.15, 0.2) is 5.69 Å². The molecule has 0 aromatic carbocycles. The zero-order valence-corrected chi connectivity index (χ0v) is 15.3. The molecule has 152 valence electrons. The van der Waals surface area contributed by atoms with Crippen LogP contribution in [0, 0.1) is 0 Å². The molecule has 1 fully saturated rings. The molecule has 2 aromatic heterocycles. The van der Waals surface area contributed by atoms with Gasteiger partial charge in [-0.25, -0.2) is 0 Å². The van der Waals surface area contributed by atoms with Crippen LogP contribution in [-0.4, -0.2) is 37.4 Å². The zero-order chi connectivity index (χ0) is 20.3. The summed E-state index contributed by atoms with van der Waals surface area (Å²) in [4.78, 5) is 24.3. The number of anilines is 1. The Morgan fingerprint density at radius 3 is 2.57 bits per heavy atom. The van der Waals surface area contributed by atoms with E-state index in [4.69, 9.17) is 0 Å². The van der Waals surface area contributed by atoms with Crippen molar-refractivity contribution in [2.24, 2.45) is 0 Å². The minimum atomic E-state index is -4.74. The minimum Gasteiger partial charge on any atom is -0.352 e. The van der Waals surface area contributed by atoms with Gasteiger partial charge in [-0.15, -0.1) is 0 Å². The van der Waals surface area contributed by atoms with Crippen molar-refractivity contribution in [3.8, 4) is 0 Å². The van der Waals surface area contributed by atoms with Gasteiger partial charge in [-0.2, -0.15) is 23.4 Å². The largest absolute Gasteiger partial charge is 0.435 e. The molecule has 0 bridgehead atoms. The van der Waals surface area contributed by atoms with Gasteiger partial charge in [-0.05, 0) is 19.8 Å². The maximum absolute atomic E-state index is 13.1. The number of aryl methyl sites for hydroxylation is 1. The van der Waals surface area contributed by atoms with Crippen molar-refractivity contribution in [2.45, 2.75) is 57.9 Å². The fourth-order valence-corrected chi connectivity index (χ4v) is 3.16. The predicted octanol–water partition coefficient (Wildman–Crippen LogP) is 2.43. The fraction of sp³-hybridized carbons (Fsp3) is 0.529. The highest BCUT2D eigenvalue weighted by Gasteiger charge is 2.39. The molecule has 0 unspecified atom stereocenters. The van der Waals surface area contributed by atoms with E-state index in [9.17, 15) is 22.8 Å². The lowest BCUT2D eigenvalue weighted by Crippen LogP contribution is -2.35. The molecule has 0 aliphatic heterocycles. The Hall–Kier alpha value is -2.85. The maximum atomic E-state index is 13.1.